The van der Waals surface area contributed by atoms with E-state index in [0.717, 1.165) is 109 Å². The van der Waals surface area contributed by atoms with Crippen molar-refractivity contribution >= 4 is 50.2 Å². The maximum Gasteiger partial charge on any atom is 0.320 e. The van der Waals surface area contributed by atoms with Crippen LogP contribution in [0.1, 0.15) is 136 Å². The van der Waals surface area contributed by atoms with Gasteiger partial charge in [-0.15, -0.1) is 0 Å². The van der Waals surface area contributed by atoms with E-state index in [9.17, 15) is 14.4 Å². The predicted molar refractivity (Wildman–Crippen MR) is 242 cm³/mol. The maximum absolute atomic E-state index is 14.2. The summed E-state index contributed by atoms with van der Waals surface area (Å²) in [5, 5.41) is 5.45. The third-order valence-electron chi connectivity index (χ3n) is 18.2. The van der Waals surface area contributed by atoms with Crippen LogP contribution in [0.3, 0.4) is 0 Å². The molecule has 0 atom stereocenters. The van der Waals surface area contributed by atoms with Crippen LogP contribution in [0.25, 0.3) is 32.3 Å². The van der Waals surface area contributed by atoms with Gasteiger partial charge in [-0.25, -0.2) is 0 Å². The number of hydrogen-bond acceptors (Lipinski definition) is 12. The summed E-state index contributed by atoms with van der Waals surface area (Å²) in [6.45, 7) is 6.42. The van der Waals surface area contributed by atoms with E-state index in [1.807, 2.05) is 20.8 Å². The molecule has 6 aliphatic carbocycles. The standard InChI is InChI=1S/C54H60O12/c1-4-58-46(55)49-19-7-13-31(14-8-20-49)52(49)61-40-25-34-35(26-41(40)62-52)37-28-43-45(66-54(64-43)33-17-11-23-51(54,24-12-18-33)48(57)60-6-3)30-39(37)38-29-44-42(27-36(34)38)63-53(65-44)32-15-9-21-50(53,22-10-16-32)47(56)59-5-2/h25-33H,4-24H2,1-3H3. The quantitative estimate of drug-likeness (QED) is 0.104. The number of fused-ring (bicyclic) bond motifs is 9. The van der Waals surface area contributed by atoms with Crippen molar-refractivity contribution in [1.29, 1.82) is 0 Å². The Hall–Kier alpha value is -5.13. The summed E-state index contributed by atoms with van der Waals surface area (Å²) >= 11 is 0. The van der Waals surface area contributed by atoms with Gasteiger partial charge in [0.05, 0.1) is 19.8 Å². The van der Waals surface area contributed by atoms with E-state index in [1.54, 1.807) is 0 Å². The van der Waals surface area contributed by atoms with Gasteiger partial charge in [0.1, 0.15) is 16.2 Å². The Labute approximate surface area is 384 Å². The number of carbonyl (C=O) groups excluding carboxylic acids is 3. The van der Waals surface area contributed by atoms with Gasteiger partial charge in [0.25, 0.3) is 17.4 Å². The number of ether oxygens (including phenoxy) is 9. The zero-order valence-corrected chi connectivity index (χ0v) is 38.4. The van der Waals surface area contributed by atoms with E-state index in [1.165, 1.54) is 0 Å². The lowest BCUT2D eigenvalue weighted by molar-refractivity contribution is -0.258. The first-order chi connectivity index (χ1) is 32.1. The summed E-state index contributed by atoms with van der Waals surface area (Å²) in [6.07, 6.45) is 14.7. The average Bonchev–Trinajstić information content (AvgIpc) is 3.96. The lowest BCUT2D eigenvalue weighted by Gasteiger charge is -2.54. The summed E-state index contributed by atoms with van der Waals surface area (Å²) in [5.74, 6) is -0.672. The van der Waals surface area contributed by atoms with Crippen molar-refractivity contribution < 1.29 is 57.0 Å². The van der Waals surface area contributed by atoms with E-state index in [4.69, 9.17) is 42.6 Å². The van der Waals surface area contributed by atoms with E-state index in [-0.39, 0.29) is 55.5 Å². The lowest BCUT2D eigenvalue weighted by Crippen LogP contribution is -2.67. The summed E-state index contributed by atoms with van der Waals surface area (Å²) in [4.78, 5) is 42.5. The Bertz CT molecular complexity index is 2300. The molecule has 3 spiro atoms. The van der Waals surface area contributed by atoms with Crippen LogP contribution in [0, 0.1) is 34.0 Å². The van der Waals surface area contributed by atoms with Gasteiger partial charge in [-0.05, 0) is 167 Å². The minimum atomic E-state index is -1.18. The highest BCUT2D eigenvalue weighted by Crippen LogP contribution is 2.67. The van der Waals surface area contributed by atoms with Gasteiger partial charge in [-0.3, -0.25) is 14.4 Å². The van der Waals surface area contributed by atoms with Crippen LogP contribution in [0.15, 0.2) is 36.4 Å². The van der Waals surface area contributed by atoms with E-state index in [0.29, 0.717) is 73.0 Å². The normalized spacial score (nSPS) is 36.3. The highest BCUT2D eigenvalue weighted by Gasteiger charge is 2.73. The van der Waals surface area contributed by atoms with Crippen molar-refractivity contribution in [2.45, 2.75) is 154 Å². The summed E-state index contributed by atoms with van der Waals surface area (Å²) < 4.78 is 60.5. The Morgan fingerprint density at radius 3 is 0.773 bits per heavy atom. The molecule has 6 bridgehead atoms. The number of rotatable bonds is 6. The lowest BCUT2D eigenvalue weighted by atomic mass is 9.57. The van der Waals surface area contributed by atoms with Gasteiger partial charge in [-0.1, -0.05) is 38.5 Å². The van der Waals surface area contributed by atoms with E-state index in [2.05, 4.69) is 36.4 Å². The van der Waals surface area contributed by atoms with E-state index < -0.39 is 33.6 Å². The van der Waals surface area contributed by atoms with Crippen LogP contribution in [0.4, 0.5) is 0 Å². The number of benzene rings is 4. The van der Waals surface area contributed by atoms with Crippen LogP contribution in [0.5, 0.6) is 34.5 Å². The van der Waals surface area contributed by atoms with Gasteiger partial charge in [0.15, 0.2) is 34.5 Å². The van der Waals surface area contributed by atoms with Gasteiger partial charge in [0.2, 0.25) is 0 Å². The predicted octanol–water partition coefficient (Wildman–Crippen LogP) is 11.1. The Morgan fingerprint density at radius 1 is 0.394 bits per heavy atom. The van der Waals surface area contributed by atoms with Gasteiger partial charge < -0.3 is 42.6 Å². The smallest absolute Gasteiger partial charge is 0.320 e. The fourth-order valence-electron chi connectivity index (χ4n) is 15.5. The molecule has 12 nitrogen and oxygen atoms in total. The van der Waals surface area contributed by atoms with Crippen LogP contribution in [-0.4, -0.2) is 55.1 Å². The molecule has 12 heteroatoms. The zero-order chi connectivity index (χ0) is 44.8. The molecule has 9 aliphatic rings. The Kier molecular flexibility index (Phi) is 8.84. The summed E-state index contributed by atoms with van der Waals surface area (Å²) in [7, 11) is 0. The minimum Gasteiger partial charge on any atom is -0.465 e. The molecule has 6 saturated carbocycles. The molecule has 4 aromatic rings. The van der Waals surface area contributed by atoms with Crippen LogP contribution in [-0.2, 0) is 28.6 Å². The first kappa shape index (κ1) is 41.1. The monoisotopic (exact) mass is 900 g/mol. The van der Waals surface area contributed by atoms with Crippen molar-refractivity contribution in [3.8, 4) is 34.5 Å². The van der Waals surface area contributed by atoms with Crippen molar-refractivity contribution in [2.75, 3.05) is 19.8 Å². The largest absolute Gasteiger partial charge is 0.465 e. The van der Waals surface area contributed by atoms with Crippen molar-refractivity contribution in [1.82, 2.24) is 0 Å². The van der Waals surface area contributed by atoms with Gasteiger partial charge in [-0.2, -0.15) is 0 Å². The van der Waals surface area contributed by atoms with Crippen LogP contribution < -0.4 is 28.4 Å². The minimum absolute atomic E-state index is 0.0201. The highest BCUT2D eigenvalue weighted by molar-refractivity contribution is 6.27. The highest BCUT2D eigenvalue weighted by atomic mass is 16.8. The summed E-state index contributed by atoms with van der Waals surface area (Å²) in [6, 6.07) is 12.4. The molecule has 0 amide bonds. The second-order valence-corrected chi connectivity index (χ2v) is 21.0. The molecule has 3 heterocycles. The van der Waals surface area contributed by atoms with Crippen LogP contribution in [0.2, 0.25) is 0 Å². The molecular weight excluding hydrogens is 841 g/mol. The molecule has 3 aliphatic heterocycles. The second kappa shape index (κ2) is 14.2. The fourth-order valence-corrected chi connectivity index (χ4v) is 15.5. The van der Waals surface area contributed by atoms with Gasteiger partial charge in [0, 0.05) is 17.8 Å². The van der Waals surface area contributed by atoms with Crippen molar-refractivity contribution in [3.05, 3.63) is 36.4 Å². The molecule has 66 heavy (non-hydrogen) atoms. The Morgan fingerprint density at radius 2 is 0.591 bits per heavy atom. The molecule has 0 N–H and O–H groups in total. The molecular formula is C54H60O12. The van der Waals surface area contributed by atoms with E-state index >= 15 is 0 Å². The topological polar surface area (TPSA) is 134 Å². The molecule has 348 valence electrons. The Balaban J connectivity index is 1.02. The number of esters is 3. The summed E-state index contributed by atoms with van der Waals surface area (Å²) in [5.41, 5.74) is -2.79. The molecule has 4 aromatic carbocycles. The maximum atomic E-state index is 14.2. The average molecular weight is 901 g/mol. The number of carbonyl (C=O) groups is 3. The molecule has 0 aromatic heterocycles. The third-order valence-corrected chi connectivity index (χ3v) is 18.2. The fraction of sp³-hybridized carbons (Fsp3) is 0.611. The third kappa shape index (κ3) is 4.98. The SMILES string of the molecule is CCOC(=O)C12CCCC(CCC1)C21Oc2cc3c4cc5c(cc4c4cc6c(cc4c3cc2O1)OC1(O6)C2CCCC1(C(=O)OCC)CCC2)OC1(O5)C2CCCC1(C(=O)OCC)CCC2. The molecule has 6 fully saturated rings. The van der Waals surface area contributed by atoms with Crippen molar-refractivity contribution in [3.63, 3.8) is 0 Å². The van der Waals surface area contributed by atoms with Crippen molar-refractivity contribution in [2.24, 2.45) is 34.0 Å². The van der Waals surface area contributed by atoms with Gasteiger partial charge >= 0.3 is 17.9 Å². The zero-order valence-electron chi connectivity index (χ0n) is 38.4. The number of hydrogen-bond donors (Lipinski definition) is 0. The van der Waals surface area contributed by atoms with Crippen LogP contribution >= 0.6 is 0 Å². The molecule has 13 rings (SSSR count). The molecule has 0 saturated heterocycles. The molecule has 0 radical (unpaired) electrons. The first-order valence-corrected chi connectivity index (χ1v) is 25.3. The second-order valence-electron chi connectivity index (χ2n) is 21.0. The molecule has 0 unspecified atom stereocenters. The first-order valence-electron chi connectivity index (χ1n) is 25.3.